The number of nitrogens with two attached hydrogens (primary N) is 1. The fraction of sp³-hybridized carbons (Fsp3) is 0.500. The Balaban J connectivity index is 1.71. The second kappa shape index (κ2) is 8.09. The smallest absolute Gasteiger partial charge is 0.0946 e. The van der Waals surface area contributed by atoms with Crippen molar-refractivity contribution in [2.24, 2.45) is 5.41 Å². The van der Waals surface area contributed by atoms with Crippen molar-refractivity contribution in [3.8, 4) is 0 Å². The third-order valence-corrected chi connectivity index (χ3v) is 5.37. The van der Waals surface area contributed by atoms with Crippen molar-refractivity contribution in [1.29, 1.82) is 0 Å². The Bertz CT molecular complexity index is 747. The molecule has 1 atom stereocenters. The van der Waals surface area contributed by atoms with Crippen LogP contribution in [0.2, 0.25) is 0 Å². The summed E-state index contributed by atoms with van der Waals surface area (Å²) < 4.78 is 8.19. The predicted molar refractivity (Wildman–Crippen MR) is 108 cm³/mol. The van der Waals surface area contributed by atoms with Crippen LogP contribution in [0.3, 0.4) is 0 Å². The van der Waals surface area contributed by atoms with Crippen LogP contribution in [0.1, 0.15) is 63.7 Å². The second-order valence-electron chi connectivity index (χ2n) is 8.01. The highest BCUT2D eigenvalue weighted by Crippen LogP contribution is 2.40. The molecule has 0 radical (unpaired) electrons. The van der Waals surface area contributed by atoms with Crippen molar-refractivity contribution >= 4 is 11.3 Å². The Morgan fingerprint density at radius 1 is 1.35 bits per heavy atom. The lowest BCUT2D eigenvalue weighted by atomic mass is 9.76. The molecule has 0 fully saturated rings. The molecule has 1 aliphatic rings. The largest absolute Gasteiger partial charge is 0.398 e. The van der Waals surface area contributed by atoms with Gasteiger partial charge in [0.25, 0.3) is 0 Å². The van der Waals surface area contributed by atoms with Gasteiger partial charge in [-0.05, 0) is 54.4 Å². The van der Waals surface area contributed by atoms with Gasteiger partial charge in [0.1, 0.15) is 0 Å². The van der Waals surface area contributed by atoms with Gasteiger partial charge in [0.05, 0.1) is 19.0 Å². The average molecular weight is 354 g/mol. The first-order valence-corrected chi connectivity index (χ1v) is 9.65. The Morgan fingerprint density at radius 2 is 2.19 bits per heavy atom. The zero-order chi connectivity index (χ0) is 18.6. The maximum atomic E-state index is 6.30. The van der Waals surface area contributed by atoms with Crippen LogP contribution in [0.25, 0.3) is 5.57 Å². The summed E-state index contributed by atoms with van der Waals surface area (Å²) in [6, 6.07) is 6.38. The number of allylic oxidation sites excluding steroid dienone is 2. The van der Waals surface area contributed by atoms with Gasteiger partial charge in [0.2, 0.25) is 0 Å². The van der Waals surface area contributed by atoms with Crippen LogP contribution in [0.15, 0.2) is 43.0 Å². The lowest BCUT2D eigenvalue weighted by Crippen LogP contribution is -2.15. The molecule has 0 amide bonds. The minimum absolute atomic E-state index is 0.0958. The van der Waals surface area contributed by atoms with Gasteiger partial charge in [0, 0.05) is 30.2 Å². The predicted octanol–water partition coefficient (Wildman–Crippen LogP) is 5.23. The highest BCUT2D eigenvalue weighted by molar-refractivity contribution is 5.76. The second-order valence-corrected chi connectivity index (χ2v) is 8.01. The molecule has 0 bridgehead atoms. The topological polar surface area (TPSA) is 53.1 Å². The summed E-state index contributed by atoms with van der Waals surface area (Å²) in [5, 5.41) is 0. The van der Waals surface area contributed by atoms with E-state index >= 15 is 0 Å². The van der Waals surface area contributed by atoms with E-state index in [0.29, 0.717) is 12.0 Å². The molecule has 0 aliphatic heterocycles. The third-order valence-electron chi connectivity index (χ3n) is 5.37. The standard InChI is InChI=1S/C22H31N3O/c1-4-21(26-14-13-25-12-11-24-16-25)18-5-6-20(23)19(15-18)17-7-9-22(2,3)10-8-17/h5-7,11-12,15-16,21H,4,8-10,13-14,23H2,1-3H3. The number of ether oxygens (including phenoxy) is 1. The van der Waals surface area contributed by atoms with Crippen LogP contribution < -0.4 is 5.73 Å². The molecular weight excluding hydrogens is 322 g/mol. The van der Waals surface area contributed by atoms with Crippen molar-refractivity contribution in [3.63, 3.8) is 0 Å². The number of hydrogen-bond acceptors (Lipinski definition) is 3. The van der Waals surface area contributed by atoms with E-state index in [0.717, 1.165) is 31.5 Å². The molecule has 1 aromatic carbocycles. The van der Waals surface area contributed by atoms with Crippen LogP contribution in [-0.2, 0) is 11.3 Å². The van der Waals surface area contributed by atoms with Gasteiger partial charge >= 0.3 is 0 Å². The molecule has 1 aromatic heterocycles. The first-order valence-electron chi connectivity index (χ1n) is 9.65. The van der Waals surface area contributed by atoms with Gasteiger partial charge in [0.15, 0.2) is 0 Å². The maximum absolute atomic E-state index is 6.30. The van der Waals surface area contributed by atoms with Gasteiger partial charge in [-0.2, -0.15) is 0 Å². The fourth-order valence-electron chi connectivity index (χ4n) is 3.54. The fourth-order valence-corrected chi connectivity index (χ4v) is 3.54. The summed E-state index contributed by atoms with van der Waals surface area (Å²) in [6.45, 7) is 8.33. The van der Waals surface area contributed by atoms with E-state index < -0.39 is 0 Å². The third kappa shape index (κ3) is 4.55. The molecule has 140 valence electrons. The van der Waals surface area contributed by atoms with Gasteiger partial charge in [-0.15, -0.1) is 0 Å². The highest BCUT2D eigenvalue weighted by Gasteiger charge is 2.23. The van der Waals surface area contributed by atoms with Crippen molar-refractivity contribution in [2.75, 3.05) is 12.3 Å². The van der Waals surface area contributed by atoms with Crippen LogP contribution in [0, 0.1) is 5.41 Å². The number of nitrogens with zero attached hydrogens (tertiary/aromatic N) is 2. The molecule has 26 heavy (non-hydrogen) atoms. The molecule has 1 aliphatic carbocycles. The van der Waals surface area contributed by atoms with E-state index in [-0.39, 0.29) is 6.10 Å². The van der Waals surface area contributed by atoms with Gasteiger partial charge in [-0.1, -0.05) is 32.9 Å². The Kier molecular flexibility index (Phi) is 5.82. The van der Waals surface area contributed by atoms with E-state index in [2.05, 4.69) is 44.0 Å². The molecule has 2 aromatic rings. The molecule has 1 unspecified atom stereocenters. The SMILES string of the molecule is CCC(OCCn1ccnc1)c1ccc(N)c(C2=CCC(C)(C)CC2)c1. The molecule has 1 heterocycles. The normalized spacial score (nSPS) is 17.7. The lowest BCUT2D eigenvalue weighted by Gasteiger charge is -2.29. The Labute approximate surface area is 157 Å². The lowest BCUT2D eigenvalue weighted by molar-refractivity contribution is 0.0446. The Morgan fingerprint density at radius 3 is 2.85 bits per heavy atom. The summed E-state index contributed by atoms with van der Waals surface area (Å²) in [5.74, 6) is 0. The molecule has 3 rings (SSSR count). The first-order chi connectivity index (χ1) is 12.5. The summed E-state index contributed by atoms with van der Waals surface area (Å²) in [5.41, 5.74) is 11.4. The number of hydrogen-bond donors (Lipinski definition) is 1. The van der Waals surface area contributed by atoms with Crippen molar-refractivity contribution < 1.29 is 4.74 Å². The highest BCUT2D eigenvalue weighted by atomic mass is 16.5. The van der Waals surface area contributed by atoms with Crippen molar-refractivity contribution in [3.05, 3.63) is 54.1 Å². The van der Waals surface area contributed by atoms with Crippen LogP contribution in [0.4, 0.5) is 5.69 Å². The minimum Gasteiger partial charge on any atom is -0.398 e. The summed E-state index contributed by atoms with van der Waals surface area (Å²) >= 11 is 0. The average Bonchev–Trinajstić information content (AvgIpc) is 3.13. The minimum atomic E-state index is 0.0958. The number of imidazole rings is 1. The number of aromatic nitrogens is 2. The van der Waals surface area contributed by atoms with E-state index in [1.165, 1.54) is 23.1 Å². The molecule has 0 saturated carbocycles. The van der Waals surface area contributed by atoms with Crippen molar-refractivity contribution in [2.45, 2.75) is 59.1 Å². The molecule has 4 heteroatoms. The van der Waals surface area contributed by atoms with Crippen LogP contribution >= 0.6 is 0 Å². The molecule has 0 spiro atoms. The first kappa shape index (κ1) is 18.7. The monoisotopic (exact) mass is 353 g/mol. The van der Waals surface area contributed by atoms with E-state index in [9.17, 15) is 0 Å². The molecule has 2 N–H and O–H groups in total. The molecule has 0 saturated heterocycles. The zero-order valence-electron chi connectivity index (χ0n) is 16.2. The van der Waals surface area contributed by atoms with Gasteiger partial charge < -0.3 is 15.0 Å². The van der Waals surface area contributed by atoms with Crippen LogP contribution in [0.5, 0.6) is 0 Å². The maximum Gasteiger partial charge on any atom is 0.0946 e. The van der Waals surface area contributed by atoms with Gasteiger partial charge in [-0.25, -0.2) is 4.98 Å². The van der Waals surface area contributed by atoms with E-state index in [4.69, 9.17) is 10.5 Å². The number of rotatable bonds is 7. The quantitative estimate of drug-likeness (QED) is 0.694. The summed E-state index contributed by atoms with van der Waals surface area (Å²) in [4.78, 5) is 4.07. The molecule has 4 nitrogen and oxygen atoms in total. The number of nitrogen functional groups attached to an aromatic ring is 1. The summed E-state index contributed by atoms with van der Waals surface area (Å²) in [7, 11) is 0. The van der Waals surface area contributed by atoms with E-state index in [1.54, 1.807) is 6.20 Å². The Hall–Kier alpha value is -2.07. The van der Waals surface area contributed by atoms with Gasteiger partial charge in [-0.3, -0.25) is 0 Å². The van der Waals surface area contributed by atoms with E-state index in [1.807, 2.05) is 23.2 Å². The summed E-state index contributed by atoms with van der Waals surface area (Å²) in [6.07, 6.45) is 12.4. The number of anilines is 1. The molecular formula is C22H31N3O. The number of benzene rings is 1. The van der Waals surface area contributed by atoms with Crippen molar-refractivity contribution in [1.82, 2.24) is 9.55 Å². The van der Waals surface area contributed by atoms with Crippen LogP contribution in [-0.4, -0.2) is 16.2 Å². The zero-order valence-corrected chi connectivity index (χ0v) is 16.2.